The molecule has 12 nitrogen and oxygen atoms in total. The van der Waals surface area contributed by atoms with Gasteiger partial charge in [-0.25, -0.2) is 14.8 Å². The molecule has 42 heavy (non-hydrogen) atoms. The van der Waals surface area contributed by atoms with Crippen LogP contribution in [-0.4, -0.2) is 82.4 Å². The number of pyridine rings is 1. The molecule has 0 bridgehead atoms. The maximum atomic E-state index is 13.6. The number of carboxylic acid groups (broad SMARTS) is 1. The van der Waals surface area contributed by atoms with Crippen molar-refractivity contribution in [2.45, 2.75) is 39.0 Å². The number of nitrogens with zero attached hydrogens (tertiary/aromatic N) is 5. The molecule has 3 aromatic rings. The van der Waals surface area contributed by atoms with Gasteiger partial charge in [0.25, 0.3) is 11.5 Å². The lowest BCUT2D eigenvalue weighted by molar-refractivity contribution is -0.131. The van der Waals surface area contributed by atoms with E-state index >= 15 is 0 Å². The van der Waals surface area contributed by atoms with Crippen molar-refractivity contribution in [3.05, 3.63) is 57.0 Å². The fraction of sp³-hybridized carbons (Fsp3) is 0.448. The van der Waals surface area contributed by atoms with Crippen LogP contribution >= 0.6 is 11.3 Å². The van der Waals surface area contributed by atoms with Gasteiger partial charge in [0.1, 0.15) is 11.5 Å². The molecule has 0 spiro atoms. The summed E-state index contributed by atoms with van der Waals surface area (Å²) < 4.78 is 1.28. The number of aliphatic carboxylic acids is 1. The van der Waals surface area contributed by atoms with Crippen LogP contribution in [0.2, 0.25) is 0 Å². The van der Waals surface area contributed by atoms with Crippen molar-refractivity contribution in [1.29, 1.82) is 0 Å². The van der Waals surface area contributed by atoms with E-state index in [1.165, 1.54) is 40.1 Å². The highest BCUT2D eigenvalue weighted by Gasteiger charge is 2.29. The molecule has 1 aliphatic rings. The highest BCUT2D eigenvalue weighted by molar-refractivity contribution is 7.14. The van der Waals surface area contributed by atoms with Crippen LogP contribution in [0.1, 0.15) is 55.2 Å². The molecule has 4 rings (SSSR count). The summed E-state index contributed by atoms with van der Waals surface area (Å²) in [4.78, 5) is 63.9. The Labute approximate surface area is 248 Å². The molecule has 0 radical (unpaired) electrons. The first-order valence-corrected chi connectivity index (χ1v) is 14.6. The first-order valence-electron chi connectivity index (χ1n) is 13.8. The van der Waals surface area contributed by atoms with E-state index in [0.29, 0.717) is 44.2 Å². The van der Waals surface area contributed by atoms with Crippen LogP contribution in [0.4, 0.5) is 10.9 Å². The number of carbonyl (C=O) groups excluding carboxylic acids is 2. The van der Waals surface area contributed by atoms with Crippen LogP contribution in [0, 0.1) is 5.92 Å². The Morgan fingerprint density at radius 3 is 2.67 bits per heavy atom. The number of nitrogens with one attached hydrogen (secondary N) is 2. The minimum Gasteiger partial charge on any atom is -0.478 e. The molecule has 1 unspecified atom stereocenters. The third-order valence-electron chi connectivity index (χ3n) is 6.94. The molecule has 0 saturated carbocycles. The van der Waals surface area contributed by atoms with Crippen LogP contribution in [0.25, 0.3) is 11.7 Å². The van der Waals surface area contributed by atoms with Gasteiger partial charge in [-0.1, -0.05) is 20.8 Å². The van der Waals surface area contributed by atoms with Crippen LogP contribution in [-0.2, 0) is 15.0 Å². The van der Waals surface area contributed by atoms with E-state index in [2.05, 4.69) is 15.6 Å². The Hall–Kier alpha value is -4.10. The summed E-state index contributed by atoms with van der Waals surface area (Å²) in [6, 6.07) is 3.02. The molecule has 1 fully saturated rings. The van der Waals surface area contributed by atoms with Crippen molar-refractivity contribution < 1.29 is 19.5 Å². The lowest BCUT2D eigenvalue weighted by Crippen LogP contribution is -2.45. The fourth-order valence-corrected chi connectivity index (χ4v) is 5.53. The Balaban J connectivity index is 1.66. The van der Waals surface area contributed by atoms with E-state index in [1.54, 1.807) is 0 Å². The second-order valence-corrected chi connectivity index (χ2v) is 12.4. The number of hydrogen-bond acceptors (Lipinski definition) is 9. The number of fused-ring (bicyclic) bond motifs is 1. The molecule has 4 heterocycles. The molecule has 0 aromatic carbocycles. The van der Waals surface area contributed by atoms with E-state index in [1.807, 2.05) is 50.0 Å². The topological polar surface area (TPSA) is 149 Å². The summed E-state index contributed by atoms with van der Waals surface area (Å²) in [5, 5.41) is 17.4. The quantitative estimate of drug-likeness (QED) is 0.318. The highest BCUT2D eigenvalue weighted by atomic mass is 32.1. The summed E-state index contributed by atoms with van der Waals surface area (Å²) in [5.74, 6) is -1.71. The van der Waals surface area contributed by atoms with Gasteiger partial charge in [-0.05, 0) is 45.1 Å². The van der Waals surface area contributed by atoms with Crippen molar-refractivity contribution in [3.63, 3.8) is 0 Å². The lowest BCUT2D eigenvalue weighted by Gasteiger charge is -2.33. The first-order chi connectivity index (χ1) is 19.8. The number of thiazole rings is 1. The van der Waals surface area contributed by atoms with E-state index in [0.717, 1.165) is 11.8 Å². The molecule has 3 aromatic heterocycles. The molecule has 1 saturated heterocycles. The number of carboxylic acids is 1. The maximum absolute atomic E-state index is 13.6. The Morgan fingerprint density at radius 1 is 1.24 bits per heavy atom. The number of amides is 2. The second-order valence-electron chi connectivity index (χ2n) is 11.6. The summed E-state index contributed by atoms with van der Waals surface area (Å²) >= 11 is 1.33. The standard InChI is InChI=1S/C29H37N7O5S/c1-29(2,3)21-17-42-28(31-21)33-26(40)18-10-13-36-22(15-18)32-24(20(27(36)41)8-9-23(37)38)35-12-6-7-19(16-35)25(39)30-11-14-34(4)5/h8-10,13,15,17,19H,6-7,11-12,14,16H2,1-5H3,(H,30,39)(H,37,38)(H,31,33,40). The number of hydrogen-bond donors (Lipinski definition) is 3. The number of aromatic nitrogens is 3. The van der Waals surface area contributed by atoms with Gasteiger partial charge in [0.05, 0.1) is 17.2 Å². The Morgan fingerprint density at radius 2 is 2.00 bits per heavy atom. The van der Waals surface area contributed by atoms with Gasteiger partial charge < -0.3 is 20.2 Å². The van der Waals surface area contributed by atoms with Gasteiger partial charge in [-0.3, -0.25) is 24.1 Å². The zero-order valence-corrected chi connectivity index (χ0v) is 25.3. The third-order valence-corrected chi connectivity index (χ3v) is 7.70. The van der Waals surface area contributed by atoms with Crippen molar-refractivity contribution in [1.82, 2.24) is 24.6 Å². The minimum absolute atomic E-state index is 0.0718. The van der Waals surface area contributed by atoms with E-state index in [-0.39, 0.29) is 39.8 Å². The van der Waals surface area contributed by atoms with Crippen molar-refractivity contribution in [3.8, 4) is 0 Å². The van der Waals surface area contributed by atoms with Crippen molar-refractivity contribution in [2.24, 2.45) is 5.92 Å². The SMILES string of the molecule is CN(C)CCNC(=O)C1CCCN(c2nc3cc(C(=O)Nc4nc(C(C)(C)C)cs4)ccn3c(=O)c2C=CC(=O)O)C1. The fourth-order valence-electron chi connectivity index (χ4n) is 4.60. The average Bonchev–Trinajstić information content (AvgIpc) is 3.41. The zero-order valence-electron chi connectivity index (χ0n) is 24.5. The monoisotopic (exact) mass is 595 g/mol. The Bertz CT molecular complexity index is 1570. The molecule has 224 valence electrons. The molecule has 2 amide bonds. The van der Waals surface area contributed by atoms with Crippen molar-refractivity contribution in [2.75, 3.05) is 50.5 Å². The van der Waals surface area contributed by atoms with Gasteiger partial charge in [-0.15, -0.1) is 11.3 Å². The van der Waals surface area contributed by atoms with Gasteiger partial charge >= 0.3 is 5.97 Å². The highest BCUT2D eigenvalue weighted by Crippen LogP contribution is 2.27. The van der Waals surface area contributed by atoms with Crippen LogP contribution in [0.15, 0.2) is 34.6 Å². The summed E-state index contributed by atoms with van der Waals surface area (Å²) in [5.41, 5.74) is 0.836. The Kier molecular flexibility index (Phi) is 9.42. The van der Waals surface area contributed by atoms with Gasteiger partial charge in [0.15, 0.2) is 5.13 Å². The number of anilines is 2. The zero-order chi connectivity index (χ0) is 30.6. The molecule has 1 aliphatic heterocycles. The predicted octanol–water partition coefficient (Wildman–Crippen LogP) is 2.69. The molecule has 1 atom stereocenters. The molecular weight excluding hydrogens is 558 g/mol. The molecule has 13 heteroatoms. The van der Waals surface area contributed by atoms with Crippen LogP contribution in [0.3, 0.4) is 0 Å². The number of carbonyl (C=O) groups is 3. The predicted molar refractivity (Wildman–Crippen MR) is 163 cm³/mol. The maximum Gasteiger partial charge on any atom is 0.328 e. The number of piperidine rings is 1. The van der Waals surface area contributed by atoms with Gasteiger partial charge in [0.2, 0.25) is 5.91 Å². The second kappa shape index (κ2) is 12.8. The molecule has 3 N–H and O–H groups in total. The van der Waals surface area contributed by atoms with Crippen molar-refractivity contribution >= 4 is 51.8 Å². The first kappa shape index (κ1) is 30.8. The normalized spacial score (nSPS) is 15.9. The summed E-state index contributed by atoms with van der Waals surface area (Å²) in [6.45, 7) is 8.22. The van der Waals surface area contributed by atoms with Crippen LogP contribution < -0.4 is 21.1 Å². The lowest BCUT2D eigenvalue weighted by atomic mass is 9.93. The van der Waals surface area contributed by atoms with Crippen LogP contribution in [0.5, 0.6) is 0 Å². The summed E-state index contributed by atoms with van der Waals surface area (Å²) in [7, 11) is 3.86. The average molecular weight is 596 g/mol. The van der Waals surface area contributed by atoms with Gasteiger partial charge in [-0.2, -0.15) is 0 Å². The molecular formula is C29H37N7O5S. The molecule has 0 aliphatic carbocycles. The van der Waals surface area contributed by atoms with E-state index in [4.69, 9.17) is 4.98 Å². The smallest absolute Gasteiger partial charge is 0.328 e. The number of rotatable bonds is 9. The van der Waals surface area contributed by atoms with E-state index < -0.39 is 17.4 Å². The minimum atomic E-state index is -1.20. The third kappa shape index (κ3) is 7.39. The van der Waals surface area contributed by atoms with Gasteiger partial charge in [0, 0.05) is 54.8 Å². The largest absolute Gasteiger partial charge is 0.478 e. The number of likely N-dealkylation sites (N-methyl/N-ethyl adjacent to an activating group) is 1. The van der Waals surface area contributed by atoms with E-state index in [9.17, 15) is 24.3 Å². The summed E-state index contributed by atoms with van der Waals surface area (Å²) in [6.07, 6.45) is 4.96.